The lowest BCUT2D eigenvalue weighted by molar-refractivity contribution is -0.154. The van der Waals surface area contributed by atoms with E-state index in [1.165, 1.54) is 12.3 Å². The number of aromatic nitrogens is 1. The SMILES string of the molecule is CC(C)(C)OC(=O)N1CCN2C(NCc3ccc(OCC(F)(F)F)nc3)=NCC2C1. The zero-order valence-electron chi connectivity index (χ0n) is 17.2. The van der Waals surface area contributed by atoms with Gasteiger partial charge in [-0.25, -0.2) is 9.78 Å². The Morgan fingerprint density at radius 1 is 1.27 bits per heavy atom. The molecule has 30 heavy (non-hydrogen) atoms. The van der Waals surface area contributed by atoms with Crippen LogP contribution in [-0.2, 0) is 11.3 Å². The van der Waals surface area contributed by atoms with E-state index in [4.69, 9.17) is 4.74 Å². The molecule has 0 spiro atoms. The highest BCUT2D eigenvalue weighted by Gasteiger charge is 2.36. The van der Waals surface area contributed by atoms with Gasteiger partial charge in [0, 0.05) is 38.4 Å². The average Bonchev–Trinajstić information content (AvgIpc) is 3.06. The molecule has 2 aliphatic heterocycles. The van der Waals surface area contributed by atoms with Crippen LogP contribution in [0.3, 0.4) is 0 Å². The monoisotopic (exact) mass is 429 g/mol. The molecule has 2 aliphatic rings. The molecule has 1 saturated heterocycles. The van der Waals surface area contributed by atoms with E-state index in [0.29, 0.717) is 32.7 Å². The number of alkyl halides is 3. The van der Waals surface area contributed by atoms with Gasteiger partial charge < -0.3 is 24.6 Å². The van der Waals surface area contributed by atoms with E-state index in [0.717, 1.165) is 11.5 Å². The summed E-state index contributed by atoms with van der Waals surface area (Å²) >= 11 is 0. The lowest BCUT2D eigenvalue weighted by Gasteiger charge is -2.39. The van der Waals surface area contributed by atoms with Gasteiger partial charge in [-0.05, 0) is 26.3 Å². The number of fused-ring (bicyclic) bond motifs is 1. The van der Waals surface area contributed by atoms with E-state index in [2.05, 4.69) is 24.9 Å². The van der Waals surface area contributed by atoms with Gasteiger partial charge in [-0.2, -0.15) is 13.2 Å². The van der Waals surface area contributed by atoms with Crippen molar-refractivity contribution in [1.29, 1.82) is 0 Å². The van der Waals surface area contributed by atoms with Gasteiger partial charge in [0.05, 0.1) is 12.6 Å². The molecule has 1 amide bonds. The first-order valence-corrected chi connectivity index (χ1v) is 9.67. The number of nitrogens with zero attached hydrogens (tertiary/aromatic N) is 4. The van der Waals surface area contributed by atoms with Crippen LogP contribution in [0, 0.1) is 0 Å². The van der Waals surface area contributed by atoms with Gasteiger partial charge in [-0.3, -0.25) is 4.99 Å². The van der Waals surface area contributed by atoms with Gasteiger partial charge in [0.1, 0.15) is 5.60 Å². The number of hydrogen-bond acceptors (Lipinski definition) is 7. The van der Waals surface area contributed by atoms with Crippen LogP contribution in [0.1, 0.15) is 26.3 Å². The van der Waals surface area contributed by atoms with E-state index < -0.39 is 18.4 Å². The molecule has 3 heterocycles. The van der Waals surface area contributed by atoms with E-state index >= 15 is 0 Å². The summed E-state index contributed by atoms with van der Waals surface area (Å²) in [5.74, 6) is 0.661. The third kappa shape index (κ3) is 6.14. The summed E-state index contributed by atoms with van der Waals surface area (Å²) in [6, 6.07) is 3.14. The van der Waals surface area contributed by atoms with Crippen molar-refractivity contribution < 1.29 is 27.4 Å². The maximum Gasteiger partial charge on any atom is 0.422 e. The average molecular weight is 429 g/mol. The normalized spacial score (nSPS) is 19.3. The highest BCUT2D eigenvalue weighted by Crippen LogP contribution is 2.19. The molecule has 3 rings (SSSR count). The van der Waals surface area contributed by atoms with Gasteiger partial charge in [-0.15, -0.1) is 0 Å². The Balaban J connectivity index is 1.46. The van der Waals surface area contributed by atoms with Crippen LogP contribution in [-0.4, -0.2) is 77.4 Å². The molecule has 1 unspecified atom stereocenters. The fourth-order valence-corrected chi connectivity index (χ4v) is 3.16. The highest BCUT2D eigenvalue weighted by atomic mass is 19.4. The first-order valence-electron chi connectivity index (χ1n) is 9.67. The Labute approximate surface area is 173 Å². The molecule has 1 atom stereocenters. The number of piperazine rings is 1. The summed E-state index contributed by atoms with van der Waals surface area (Å²) in [5, 5.41) is 3.24. The van der Waals surface area contributed by atoms with Crippen LogP contribution in [0.25, 0.3) is 0 Å². The molecule has 0 aromatic carbocycles. The van der Waals surface area contributed by atoms with Gasteiger partial charge in [0.2, 0.25) is 5.88 Å². The van der Waals surface area contributed by atoms with Crippen molar-refractivity contribution in [2.45, 2.75) is 45.1 Å². The number of amides is 1. The summed E-state index contributed by atoms with van der Waals surface area (Å²) in [6.07, 6.45) is -3.25. The summed E-state index contributed by atoms with van der Waals surface area (Å²) in [4.78, 5) is 24.5. The van der Waals surface area contributed by atoms with Crippen LogP contribution < -0.4 is 10.1 Å². The van der Waals surface area contributed by atoms with Gasteiger partial charge in [-0.1, -0.05) is 6.07 Å². The zero-order valence-corrected chi connectivity index (χ0v) is 17.2. The maximum absolute atomic E-state index is 12.3. The molecule has 1 aromatic rings. The van der Waals surface area contributed by atoms with Gasteiger partial charge in [0.25, 0.3) is 0 Å². The summed E-state index contributed by atoms with van der Waals surface area (Å²) in [7, 11) is 0. The molecule has 8 nitrogen and oxygen atoms in total. The maximum atomic E-state index is 12.3. The zero-order chi connectivity index (χ0) is 21.9. The Morgan fingerprint density at radius 2 is 2.03 bits per heavy atom. The predicted molar refractivity (Wildman–Crippen MR) is 103 cm³/mol. The number of rotatable bonds is 4. The van der Waals surface area contributed by atoms with Gasteiger partial charge in [0.15, 0.2) is 12.6 Å². The topological polar surface area (TPSA) is 79.3 Å². The van der Waals surface area contributed by atoms with E-state index in [1.54, 1.807) is 11.0 Å². The second kappa shape index (κ2) is 8.57. The van der Waals surface area contributed by atoms with Crippen LogP contribution in [0.5, 0.6) is 5.88 Å². The fraction of sp³-hybridized carbons (Fsp3) is 0.632. The number of hydrogen-bond donors (Lipinski definition) is 1. The molecule has 0 saturated carbocycles. The first-order chi connectivity index (χ1) is 14.0. The molecule has 1 aromatic heterocycles. The van der Waals surface area contributed by atoms with Crippen LogP contribution in [0.2, 0.25) is 0 Å². The Morgan fingerprint density at radius 3 is 2.67 bits per heavy atom. The molecule has 1 fully saturated rings. The molecule has 1 N–H and O–H groups in total. The highest BCUT2D eigenvalue weighted by molar-refractivity contribution is 5.82. The number of guanidine groups is 1. The first kappa shape index (κ1) is 22.0. The summed E-state index contributed by atoms with van der Waals surface area (Å²) in [5.41, 5.74) is 0.252. The molecule has 11 heteroatoms. The second-order valence-corrected chi connectivity index (χ2v) is 8.20. The Kier molecular flexibility index (Phi) is 6.27. The number of ether oxygens (including phenoxy) is 2. The summed E-state index contributed by atoms with van der Waals surface area (Å²) in [6.45, 7) is 6.86. The minimum absolute atomic E-state index is 0.0763. The molecular weight excluding hydrogens is 403 g/mol. The minimum Gasteiger partial charge on any atom is -0.468 e. The van der Waals surface area contributed by atoms with Crippen molar-refractivity contribution in [3.63, 3.8) is 0 Å². The Bertz CT molecular complexity index is 777. The quantitative estimate of drug-likeness (QED) is 0.792. The van der Waals surface area contributed by atoms with Crippen molar-refractivity contribution in [2.75, 3.05) is 32.8 Å². The molecule has 0 bridgehead atoms. The van der Waals surface area contributed by atoms with Crippen molar-refractivity contribution in [1.82, 2.24) is 20.1 Å². The fourth-order valence-electron chi connectivity index (χ4n) is 3.16. The molecule has 166 valence electrons. The predicted octanol–water partition coefficient (Wildman–Crippen LogP) is 2.40. The van der Waals surface area contributed by atoms with E-state index in [-0.39, 0.29) is 18.0 Å². The van der Waals surface area contributed by atoms with Crippen molar-refractivity contribution in [3.8, 4) is 5.88 Å². The molecular formula is C19H26F3N5O3. The lowest BCUT2D eigenvalue weighted by atomic mass is 10.2. The van der Waals surface area contributed by atoms with Gasteiger partial charge >= 0.3 is 12.3 Å². The minimum atomic E-state index is -4.40. The van der Waals surface area contributed by atoms with Crippen LogP contribution in [0.4, 0.5) is 18.0 Å². The van der Waals surface area contributed by atoms with Crippen LogP contribution in [0.15, 0.2) is 23.3 Å². The number of aliphatic imine (C=N–C) groups is 1. The van der Waals surface area contributed by atoms with E-state index in [1.807, 2.05) is 20.8 Å². The number of nitrogens with one attached hydrogen (secondary N) is 1. The Hall–Kier alpha value is -2.72. The smallest absolute Gasteiger partial charge is 0.422 e. The summed E-state index contributed by atoms with van der Waals surface area (Å²) < 4.78 is 46.6. The second-order valence-electron chi connectivity index (χ2n) is 8.20. The third-order valence-corrected chi connectivity index (χ3v) is 4.49. The third-order valence-electron chi connectivity index (χ3n) is 4.49. The molecule has 0 radical (unpaired) electrons. The van der Waals surface area contributed by atoms with E-state index in [9.17, 15) is 18.0 Å². The lowest BCUT2D eigenvalue weighted by Crippen LogP contribution is -2.57. The van der Waals surface area contributed by atoms with Crippen molar-refractivity contribution >= 4 is 12.1 Å². The van der Waals surface area contributed by atoms with Crippen molar-refractivity contribution in [2.24, 2.45) is 4.99 Å². The van der Waals surface area contributed by atoms with Crippen LogP contribution >= 0.6 is 0 Å². The molecule has 0 aliphatic carbocycles. The standard InChI is InChI=1S/C19H26F3N5O3/c1-18(2,3)30-17(28)26-6-7-27-14(11-26)10-25-16(27)24-9-13-4-5-15(23-8-13)29-12-19(20,21)22/h4-5,8,14H,6-7,9-12H2,1-3H3,(H,24,25). The number of halogens is 3. The largest absolute Gasteiger partial charge is 0.468 e. The number of carbonyl (C=O) groups excluding carboxylic acids is 1. The van der Waals surface area contributed by atoms with Crippen molar-refractivity contribution in [3.05, 3.63) is 23.9 Å². The number of pyridine rings is 1. The number of carbonyl (C=O) groups is 1.